The van der Waals surface area contributed by atoms with Gasteiger partial charge in [-0.2, -0.15) is 0 Å². The maximum absolute atomic E-state index is 12.0. The van der Waals surface area contributed by atoms with Crippen LogP contribution >= 0.6 is 0 Å². The largest absolute Gasteiger partial charge is 0.331 e. The van der Waals surface area contributed by atoms with Crippen molar-refractivity contribution in [2.75, 3.05) is 0 Å². The van der Waals surface area contributed by atoms with Gasteiger partial charge in [0, 0.05) is 37.9 Å². The third-order valence-corrected chi connectivity index (χ3v) is 4.01. The number of aromatic nitrogens is 4. The number of carbonyl (C=O) groups is 1. The number of nitrogens with zero attached hydrogens (tertiary/aromatic N) is 4. The summed E-state index contributed by atoms with van der Waals surface area (Å²) in [6, 6.07) is 0. The predicted octanol–water partition coefficient (Wildman–Crippen LogP) is 4.53. The molecule has 0 aliphatic carbocycles. The minimum atomic E-state index is -0.0611. The zero-order valence-electron chi connectivity index (χ0n) is 15.7. The molecule has 0 aliphatic rings. The predicted molar refractivity (Wildman–Crippen MR) is 106 cm³/mol. The average Bonchev–Trinajstić information content (AvgIpc) is 3.29. The quantitative estimate of drug-likeness (QED) is 0.441. The van der Waals surface area contributed by atoms with Crippen molar-refractivity contribution in [2.45, 2.75) is 52.6 Å². The molecule has 0 saturated heterocycles. The Bertz CT molecular complexity index is 765. The van der Waals surface area contributed by atoms with Crippen molar-refractivity contribution in [2.24, 2.45) is 0 Å². The number of aryl methyl sites for hydroxylation is 2. The second-order valence-corrected chi connectivity index (χ2v) is 6.12. The molecule has 0 atom stereocenters. The Morgan fingerprint density at radius 2 is 1.46 bits per heavy atom. The SMILES string of the molecule is CCCCn1ccnc1/C=C/C=C/C(=O)/C=C/c1nccn1CCCC. The highest BCUT2D eigenvalue weighted by atomic mass is 16.1. The molecule has 2 aromatic rings. The first kappa shape index (κ1) is 19.6. The van der Waals surface area contributed by atoms with Gasteiger partial charge in [-0.05, 0) is 37.1 Å². The minimum Gasteiger partial charge on any atom is -0.331 e. The number of carbonyl (C=O) groups excluding carboxylic acids is 1. The topological polar surface area (TPSA) is 52.7 Å². The molecule has 138 valence electrons. The van der Waals surface area contributed by atoms with Crippen LogP contribution in [0.5, 0.6) is 0 Å². The summed E-state index contributed by atoms with van der Waals surface area (Å²) in [5.74, 6) is 1.66. The Balaban J connectivity index is 1.88. The molecule has 0 radical (unpaired) electrons. The third kappa shape index (κ3) is 6.31. The van der Waals surface area contributed by atoms with E-state index in [-0.39, 0.29) is 5.78 Å². The van der Waals surface area contributed by atoms with E-state index in [9.17, 15) is 4.79 Å². The van der Waals surface area contributed by atoms with Gasteiger partial charge >= 0.3 is 0 Å². The number of unbranched alkanes of at least 4 members (excludes halogenated alkanes) is 2. The van der Waals surface area contributed by atoms with Crippen molar-refractivity contribution < 1.29 is 4.79 Å². The standard InChI is InChI=1S/C21H28N4O/c1-3-5-15-24-17-13-22-20(24)10-8-7-9-19(26)11-12-21-23-14-18-25(21)16-6-4-2/h7-14,17-18H,3-6,15-16H2,1-2H3/b9-7+,10-8+,12-11+. The van der Waals surface area contributed by atoms with E-state index in [2.05, 4.69) is 32.9 Å². The van der Waals surface area contributed by atoms with Crippen LogP contribution in [0.25, 0.3) is 12.2 Å². The van der Waals surface area contributed by atoms with E-state index in [1.165, 1.54) is 0 Å². The van der Waals surface area contributed by atoms with Crippen LogP contribution in [0.3, 0.4) is 0 Å². The van der Waals surface area contributed by atoms with Crippen LogP contribution in [0.1, 0.15) is 51.2 Å². The van der Waals surface area contributed by atoms with Crippen molar-refractivity contribution in [1.82, 2.24) is 19.1 Å². The Morgan fingerprint density at radius 3 is 2.04 bits per heavy atom. The number of allylic oxidation sites excluding steroid dienone is 4. The van der Waals surface area contributed by atoms with E-state index in [0.29, 0.717) is 0 Å². The molecule has 2 rings (SSSR count). The fourth-order valence-electron chi connectivity index (χ4n) is 2.50. The molecule has 0 saturated carbocycles. The Hall–Kier alpha value is -2.69. The van der Waals surface area contributed by atoms with Crippen LogP contribution in [0.15, 0.2) is 49.1 Å². The van der Waals surface area contributed by atoms with Gasteiger partial charge in [0.25, 0.3) is 0 Å². The lowest BCUT2D eigenvalue weighted by Gasteiger charge is -2.02. The Labute approximate surface area is 155 Å². The summed E-state index contributed by atoms with van der Waals surface area (Å²) >= 11 is 0. The van der Waals surface area contributed by atoms with Crippen molar-refractivity contribution in [3.63, 3.8) is 0 Å². The first-order chi connectivity index (χ1) is 12.7. The molecule has 2 heterocycles. The summed E-state index contributed by atoms with van der Waals surface area (Å²) in [4.78, 5) is 20.6. The molecule has 0 fully saturated rings. The number of hydrogen-bond acceptors (Lipinski definition) is 3. The number of rotatable bonds is 11. The second-order valence-electron chi connectivity index (χ2n) is 6.12. The lowest BCUT2D eigenvalue weighted by atomic mass is 10.3. The molecule has 0 amide bonds. The zero-order valence-corrected chi connectivity index (χ0v) is 15.7. The van der Waals surface area contributed by atoms with Crippen molar-refractivity contribution in [1.29, 1.82) is 0 Å². The first-order valence-corrected chi connectivity index (χ1v) is 9.33. The van der Waals surface area contributed by atoms with E-state index in [0.717, 1.165) is 50.4 Å². The molecule has 5 nitrogen and oxygen atoms in total. The van der Waals surface area contributed by atoms with Crippen molar-refractivity contribution in [3.05, 3.63) is 60.7 Å². The molecule has 5 heteroatoms. The molecule has 26 heavy (non-hydrogen) atoms. The summed E-state index contributed by atoms with van der Waals surface area (Å²) in [5.41, 5.74) is 0. The summed E-state index contributed by atoms with van der Waals surface area (Å²) in [5, 5.41) is 0. The van der Waals surface area contributed by atoms with Crippen LogP contribution in [0.4, 0.5) is 0 Å². The van der Waals surface area contributed by atoms with Gasteiger partial charge in [-0.25, -0.2) is 9.97 Å². The normalized spacial score (nSPS) is 12.1. The van der Waals surface area contributed by atoms with Gasteiger partial charge in [0.15, 0.2) is 5.78 Å². The Kier molecular flexibility index (Phi) is 8.33. The zero-order chi connectivity index (χ0) is 18.6. The van der Waals surface area contributed by atoms with Crippen LogP contribution in [0, 0.1) is 0 Å². The van der Waals surface area contributed by atoms with Gasteiger partial charge in [0.2, 0.25) is 0 Å². The van der Waals surface area contributed by atoms with Crippen LogP contribution in [-0.2, 0) is 17.9 Å². The van der Waals surface area contributed by atoms with Crippen LogP contribution < -0.4 is 0 Å². The Morgan fingerprint density at radius 1 is 0.885 bits per heavy atom. The molecule has 0 N–H and O–H groups in total. The van der Waals surface area contributed by atoms with Gasteiger partial charge in [0.1, 0.15) is 11.6 Å². The monoisotopic (exact) mass is 352 g/mol. The second kappa shape index (κ2) is 11.0. The molecule has 0 aromatic carbocycles. The summed E-state index contributed by atoms with van der Waals surface area (Å²) in [6.45, 7) is 6.22. The van der Waals surface area contributed by atoms with Gasteiger partial charge in [0.05, 0.1) is 0 Å². The van der Waals surface area contributed by atoms with Gasteiger partial charge in [-0.1, -0.05) is 38.8 Å². The third-order valence-electron chi connectivity index (χ3n) is 4.01. The highest BCUT2D eigenvalue weighted by Crippen LogP contribution is 2.05. The maximum Gasteiger partial charge on any atom is 0.178 e. The summed E-state index contributed by atoms with van der Waals surface area (Å²) < 4.78 is 4.18. The lowest BCUT2D eigenvalue weighted by molar-refractivity contribution is -0.110. The molecular formula is C21H28N4O. The van der Waals surface area contributed by atoms with Crippen molar-refractivity contribution in [3.8, 4) is 0 Å². The summed E-state index contributed by atoms with van der Waals surface area (Å²) in [6.07, 6.45) is 22.4. The fraction of sp³-hybridized carbons (Fsp3) is 0.381. The molecule has 2 aromatic heterocycles. The van der Waals surface area contributed by atoms with Crippen LogP contribution in [-0.4, -0.2) is 24.9 Å². The molecule has 0 unspecified atom stereocenters. The van der Waals surface area contributed by atoms with E-state index in [1.807, 2.05) is 24.5 Å². The molecule has 0 aliphatic heterocycles. The highest BCUT2D eigenvalue weighted by molar-refractivity contribution is 6.01. The summed E-state index contributed by atoms with van der Waals surface area (Å²) in [7, 11) is 0. The fourth-order valence-corrected chi connectivity index (χ4v) is 2.50. The minimum absolute atomic E-state index is 0.0611. The van der Waals surface area contributed by atoms with Gasteiger partial charge in [-0.15, -0.1) is 0 Å². The van der Waals surface area contributed by atoms with E-state index >= 15 is 0 Å². The first-order valence-electron chi connectivity index (χ1n) is 9.33. The van der Waals surface area contributed by atoms with E-state index in [1.54, 1.807) is 36.7 Å². The van der Waals surface area contributed by atoms with Gasteiger partial charge in [-0.3, -0.25) is 4.79 Å². The van der Waals surface area contributed by atoms with E-state index < -0.39 is 0 Å². The number of ketones is 1. The maximum atomic E-state index is 12.0. The highest BCUT2D eigenvalue weighted by Gasteiger charge is 1.99. The van der Waals surface area contributed by atoms with E-state index in [4.69, 9.17) is 0 Å². The number of hydrogen-bond donors (Lipinski definition) is 0. The van der Waals surface area contributed by atoms with Crippen LogP contribution in [0.2, 0.25) is 0 Å². The molecular weight excluding hydrogens is 324 g/mol. The van der Waals surface area contributed by atoms with Gasteiger partial charge < -0.3 is 9.13 Å². The lowest BCUT2D eigenvalue weighted by Crippen LogP contribution is -1.99. The average molecular weight is 352 g/mol. The number of imidazole rings is 2. The molecule has 0 bridgehead atoms. The van der Waals surface area contributed by atoms with Crippen molar-refractivity contribution >= 4 is 17.9 Å². The molecule has 0 spiro atoms. The smallest absolute Gasteiger partial charge is 0.178 e.